The number of hydrogen-bond donors (Lipinski definition) is 1. The van der Waals surface area contributed by atoms with Crippen molar-refractivity contribution in [3.05, 3.63) is 53.5 Å². The molecule has 0 radical (unpaired) electrons. The fraction of sp³-hybridized carbons (Fsp3) is 0.154. The molecule has 1 aromatic heterocycles. The van der Waals surface area contributed by atoms with Crippen molar-refractivity contribution in [1.82, 2.24) is 0 Å². The number of alkyl halides is 3. The topological polar surface area (TPSA) is 49.0 Å². The van der Waals surface area contributed by atoms with Crippen LogP contribution in [0.15, 0.2) is 41.2 Å². The number of nitriles is 1. The molecule has 19 heavy (non-hydrogen) atoms. The van der Waals surface area contributed by atoms with Crippen LogP contribution < -0.4 is 5.32 Å². The van der Waals surface area contributed by atoms with Crippen molar-refractivity contribution < 1.29 is 17.6 Å². The maximum atomic E-state index is 12.7. The lowest BCUT2D eigenvalue weighted by Crippen LogP contribution is -2.09. The highest BCUT2D eigenvalue weighted by Gasteiger charge is 2.33. The number of hydrogen-bond acceptors (Lipinski definition) is 3. The van der Waals surface area contributed by atoms with Gasteiger partial charge in [0.25, 0.3) is 0 Å². The van der Waals surface area contributed by atoms with Crippen molar-refractivity contribution in [1.29, 1.82) is 5.26 Å². The van der Waals surface area contributed by atoms with E-state index >= 15 is 0 Å². The van der Waals surface area contributed by atoms with E-state index in [4.69, 9.17) is 9.68 Å². The van der Waals surface area contributed by atoms with E-state index in [2.05, 4.69) is 5.32 Å². The van der Waals surface area contributed by atoms with E-state index in [1.165, 1.54) is 24.7 Å². The Bertz CT molecular complexity index is 597. The van der Waals surface area contributed by atoms with Crippen LogP contribution in [-0.2, 0) is 12.7 Å². The molecule has 0 saturated heterocycles. The number of nitrogens with one attached hydrogen (secondary N) is 1. The van der Waals surface area contributed by atoms with E-state index in [1.54, 1.807) is 6.07 Å². The average molecular weight is 266 g/mol. The molecule has 0 amide bonds. The van der Waals surface area contributed by atoms with Gasteiger partial charge in [-0.15, -0.1) is 0 Å². The number of furan rings is 1. The lowest BCUT2D eigenvalue weighted by Gasteiger charge is -2.11. The Morgan fingerprint density at radius 3 is 2.63 bits per heavy atom. The normalized spacial score (nSPS) is 11.1. The zero-order valence-corrected chi connectivity index (χ0v) is 9.66. The molecular formula is C13H9F3N2O. The highest BCUT2D eigenvalue weighted by atomic mass is 19.4. The zero-order valence-electron chi connectivity index (χ0n) is 9.66. The molecule has 2 aromatic rings. The van der Waals surface area contributed by atoms with Crippen LogP contribution in [0, 0.1) is 11.3 Å². The Hall–Kier alpha value is -2.42. The van der Waals surface area contributed by atoms with Gasteiger partial charge in [-0.25, -0.2) is 0 Å². The van der Waals surface area contributed by atoms with Crippen LogP contribution in [0.2, 0.25) is 0 Å². The maximum absolute atomic E-state index is 12.7. The summed E-state index contributed by atoms with van der Waals surface area (Å²) < 4.78 is 43.1. The number of nitrogens with zero attached hydrogens (tertiary/aromatic N) is 1. The summed E-state index contributed by atoms with van der Waals surface area (Å²) in [5, 5.41) is 11.5. The van der Waals surface area contributed by atoms with Crippen LogP contribution in [0.5, 0.6) is 0 Å². The molecule has 1 heterocycles. The summed E-state index contributed by atoms with van der Waals surface area (Å²) in [5.41, 5.74) is -0.209. The van der Waals surface area contributed by atoms with Gasteiger partial charge in [-0.2, -0.15) is 18.4 Å². The van der Waals surface area contributed by atoms with Crippen LogP contribution in [0.3, 0.4) is 0 Å². The molecule has 2 rings (SSSR count). The van der Waals surface area contributed by atoms with Crippen LogP contribution in [0.1, 0.15) is 16.7 Å². The minimum atomic E-state index is -4.54. The summed E-state index contributed by atoms with van der Waals surface area (Å²) in [6, 6.07) is 6.77. The van der Waals surface area contributed by atoms with Gasteiger partial charge in [0.1, 0.15) is 0 Å². The molecule has 1 aromatic carbocycles. The van der Waals surface area contributed by atoms with Crippen molar-refractivity contribution in [2.75, 3.05) is 5.32 Å². The Kier molecular flexibility index (Phi) is 3.47. The molecular weight excluding hydrogens is 257 g/mol. The molecule has 0 unspecified atom stereocenters. The average Bonchev–Trinajstić information content (AvgIpc) is 2.88. The van der Waals surface area contributed by atoms with E-state index in [9.17, 15) is 13.2 Å². The Morgan fingerprint density at radius 2 is 2.05 bits per heavy atom. The van der Waals surface area contributed by atoms with Gasteiger partial charge in [0, 0.05) is 17.8 Å². The third-order valence-corrected chi connectivity index (χ3v) is 2.52. The summed E-state index contributed by atoms with van der Waals surface area (Å²) in [4.78, 5) is 0. The predicted octanol–water partition coefficient (Wildman–Crippen LogP) is 3.78. The van der Waals surface area contributed by atoms with Crippen LogP contribution in [0.25, 0.3) is 0 Å². The fourth-order valence-corrected chi connectivity index (χ4v) is 1.58. The number of halogens is 3. The van der Waals surface area contributed by atoms with E-state index in [0.717, 1.165) is 17.7 Å². The van der Waals surface area contributed by atoms with Crippen molar-refractivity contribution in [3.8, 4) is 6.07 Å². The summed E-state index contributed by atoms with van der Waals surface area (Å²) >= 11 is 0. The van der Waals surface area contributed by atoms with Gasteiger partial charge in [0.15, 0.2) is 0 Å². The van der Waals surface area contributed by atoms with Gasteiger partial charge in [-0.05, 0) is 24.3 Å². The smallest absolute Gasteiger partial charge is 0.417 e. The molecule has 0 bridgehead atoms. The molecule has 0 atom stereocenters. The molecule has 98 valence electrons. The molecule has 1 N–H and O–H groups in total. The van der Waals surface area contributed by atoms with Gasteiger partial charge >= 0.3 is 6.18 Å². The monoisotopic (exact) mass is 266 g/mol. The molecule has 0 aliphatic carbocycles. The van der Waals surface area contributed by atoms with Crippen molar-refractivity contribution in [2.24, 2.45) is 0 Å². The van der Waals surface area contributed by atoms with E-state index in [0.29, 0.717) is 12.2 Å². The van der Waals surface area contributed by atoms with Gasteiger partial charge in [0.05, 0.1) is 29.7 Å². The van der Waals surface area contributed by atoms with Gasteiger partial charge in [0.2, 0.25) is 0 Å². The molecule has 0 aliphatic heterocycles. The largest absolute Gasteiger partial charge is 0.472 e. The third kappa shape index (κ3) is 3.07. The summed E-state index contributed by atoms with van der Waals surface area (Å²) in [6.07, 6.45) is -1.56. The van der Waals surface area contributed by atoms with E-state index in [1.807, 2.05) is 0 Å². The third-order valence-electron chi connectivity index (χ3n) is 2.52. The summed E-state index contributed by atoms with van der Waals surface area (Å²) in [5.74, 6) is 0. The zero-order chi connectivity index (χ0) is 13.9. The van der Waals surface area contributed by atoms with Gasteiger partial charge in [-0.3, -0.25) is 0 Å². The van der Waals surface area contributed by atoms with Crippen LogP contribution >= 0.6 is 0 Å². The second kappa shape index (κ2) is 5.06. The van der Waals surface area contributed by atoms with Crippen molar-refractivity contribution in [2.45, 2.75) is 12.7 Å². The first-order valence-corrected chi connectivity index (χ1v) is 5.37. The number of benzene rings is 1. The van der Waals surface area contributed by atoms with E-state index in [-0.39, 0.29) is 5.56 Å². The SMILES string of the molecule is N#Cc1ccc(NCc2ccoc2)cc1C(F)(F)F. The molecule has 6 heteroatoms. The number of anilines is 1. The van der Waals surface area contributed by atoms with Crippen molar-refractivity contribution >= 4 is 5.69 Å². The minimum absolute atomic E-state index is 0.299. The quantitative estimate of drug-likeness (QED) is 0.919. The van der Waals surface area contributed by atoms with Crippen LogP contribution in [0.4, 0.5) is 18.9 Å². The predicted molar refractivity (Wildman–Crippen MR) is 62.2 cm³/mol. The second-order valence-electron chi connectivity index (χ2n) is 3.86. The first-order valence-electron chi connectivity index (χ1n) is 5.37. The Labute approximate surface area is 107 Å². The Morgan fingerprint density at radius 1 is 1.26 bits per heavy atom. The lowest BCUT2D eigenvalue weighted by atomic mass is 10.1. The van der Waals surface area contributed by atoms with Crippen molar-refractivity contribution in [3.63, 3.8) is 0 Å². The minimum Gasteiger partial charge on any atom is -0.472 e. The maximum Gasteiger partial charge on any atom is 0.417 e. The highest BCUT2D eigenvalue weighted by molar-refractivity contribution is 5.53. The molecule has 0 fully saturated rings. The molecule has 3 nitrogen and oxygen atoms in total. The second-order valence-corrected chi connectivity index (χ2v) is 3.86. The van der Waals surface area contributed by atoms with Gasteiger partial charge in [-0.1, -0.05) is 0 Å². The van der Waals surface area contributed by atoms with Gasteiger partial charge < -0.3 is 9.73 Å². The first kappa shape index (κ1) is 13.0. The highest BCUT2D eigenvalue weighted by Crippen LogP contribution is 2.33. The molecule has 0 saturated carbocycles. The molecule has 0 spiro atoms. The number of rotatable bonds is 3. The van der Waals surface area contributed by atoms with E-state index < -0.39 is 11.7 Å². The van der Waals surface area contributed by atoms with Crippen LogP contribution in [-0.4, -0.2) is 0 Å². The standard InChI is InChI=1S/C13H9F3N2O/c14-13(15,16)12-5-11(2-1-10(12)6-17)18-7-9-3-4-19-8-9/h1-5,8,18H,7H2. The Balaban J connectivity index is 2.21. The fourth-order valence-electron chi connectivity index (χ4n) is 1.58. The lowest BCUT2D eigenvalue weighted by molar-refractivity contribution is -0.137. The summed E-state index contributed by atoms with van der Waals surface area (Å²) in [6.45, 7) is 0.347. The summed E-state index contributed by atoms with van der Waals surface area (Å²) in [7, 11) is 0. The first-order chi connectivity index (χ1) is 9.00. The molecule has 0 aliphatic rings.